The van der Waals surface area contributed by atoms with E-state index in [1.54, 1.807) is 6.07 Å². The summed E-state index contributed by atoms with van der Waals surface area (Å²) in [5, 5.41) is 13.1. The number of nitro groups is 1. The van der Waals surface area contributed by atoms with Crippen molar-refractivity contribution in [2.24, 2.45) is 5.73 Å². The Kier molecular flexibility index (Phi) is 3.97. The van der Waals surface area contributed by atoms with Crippen LogP contribution in [0.4, 0.5) is 11.4 Å². The fourth-order valence-corrected chi connectivity index (χ4v) is 1.36. The van der Waals surface area contributed by atoms with E-state index < -0.39 is 16.9 Å². The smallest absolute Gasteiger partial charge is 0.293 e. The molecule has 0 aliphatic heterocycles. The van der Waals surface area contributed by atoms with Crippen LogP contribution >= 0.6 is 15.9 Å². The zero-order valence-electron chi connectivity index (χ0n) is 8.44. The van der Waals surface area contributed by atoms with Gasteiger partial charge in [0.05, 0.1) is 11.0 Å². The molecule has 0 saturated heterocycles. The standard InChI is InChI=1S/C9H10BrN3O3/c1-5(11)9(14)12-7-3-2-6(10)4-8(7)13(15)16/h2-5H,11H2,1H3,(H,12,14)/t5-/m0/s1. The number of rotatable bonds is 3. The molecule has 86 valence electrons. The van der Waals surface area contributed by atoms with Gasteiger partial charge in [-0.15, -0.1) is 0 Å². The second-order valence-electron chi connectivity index (χ2n) is 3.20. The Morgan fingerprint density at radius 1 is 1.62 bits per heavy atom. The molecule has 1 atom stereocenters. The molecule has 3 N–H and O–H groups in total. The van der Waals surface area contributed by atoms with Crippen molar-refractivity contribution >= 4 is 33.2 Å². The summed E-state index contributed by atoms with van der Waals surface area (Å²) in [6, 6.07) is 3.64. The number of amides is 1. The van der Waals surface area contributed by atoms with E-state index in [9.17, 15) is 14.9 Å². The first-order chi connectivity index (χ1) is 7.41. The summed E-state index contributed by atoms with van der Waals surface area (Å²) in [4.78, 5) is 21.5. The number of halogens is 1. The van der Waals surface area contributed by atoms with Gasteiger partial charge in [0.25, 0.3) is 5.69 Å². The summed E-state index contributed by atoms with van der Waals surface area (Å²) in [6.45, 7) is 1.50. The van der Waals surface area contributed by atoms with E-state index in [4.69, 9.17) is 5.73 Å². The van der Waals surface area contributed by atoms with E-state index >= 15 is 0 Å². The molecule has 1 aromatic carbocycles. The Bertz CT molecular complexity index is 434. The van der Waals surface area contributed by atoms with E-state index in [0.29, 0.717) is 4.47 Å². The molecule has 6 nitrogen and oxygen atoms in total. The number of nitrogens with zero attached hydrogens (tertiary/aromatic N) is 1. The molecule has 0 aliphatic rings. The van der Waals surface area contributed by atoms with Crippen LogP contribution in [-0.2, 0) is 4.79 Å². The highest BCUT2D eigenvalue weighted by molar-refractivity contribution is 9.10. The number of benzene rings is 1. The Hall–Kier alpha value is -1.47. The highest BCUT2D eigenvalue weighted by atomic mass is 79.9. The largest absolute Gasteiger partial charge is 0.320 e. The minimum absolute atomic E-state index is 0.135. The molecule has 0 bridgehead atoms. The third-order valence-electron chi connectivity index (χ3n) is 1.83. The summed E-state index contributed by atoms with van der Waals surface area (Å²) in [6.07, 6.45) is 0. The van der Waals surface area contributed by atoms with Crippen molar-refractivity contribution in [3.8, 4) is 0 Å². The fraction of sp³-hybridized carbons (Fsp3) is 0.222. The Labute approximate surface area is 100 Å². The van der Waals surface area contributed by atoms with Gasteiger partial charge in [0.15, 0.2) is 0 Å². The second-order valence-corrected chi connectivity index (χ2v) is 4.11. The van der Waals surface area contributed by atoms with E-state index in [1.165, 1.54) is 19.1 Å². The topological polar surface area (TPSA) is 98.3 Å². The van der Waals surface area contributed by atoms with Crippen molar-refractivity contribution in [2.75, 3.05) is 5.32 Å². The molecule has 0 fully saturated rings. The Balaban J connectivity index is 3.04. The van der Waals surface area contributed by atoms with E-state index in [1.807, 2.05) is 0 Å². The van der Waals surface area contributed by atoms with Crippen molar-refractivity contribution in [1.29, 1.82) is 0 Å². The molecule has 16 heavy (non-hydrogen) atoms. The maximum absolute atomic E-state index is 11.3. The molecule has 1 amide bonds. The zero-order valence-corrected chi connectivity index (χ0v) is 10.0. The second kappa shape index (κ2) is 5.04. The number of nitrogens with one attached hydrogen (secondary N) is 1. The Morgan fingerprint density at radius 3 is 2.75 bits per heavy atom. The summed E-state index contributed by atoms with van der Waals surface area (Å²) in [5.74, 6) is -0.467. The quantitative estimate of drug-likeness (QED) is 0.652. The molecule has 0 saturated carbocycles. The lowest BCUT2D eigenvalue weighted by Crippen LogP contribution is -2.32. The summed E-state index contributed by atoms with van der Waals surface area (Å²) in [7, 11) is 0. The molecular weight excluding hydrogens is 278 g/mol. The number of carbonyl (C=O) groups is 1. The van der Waals surface area contributed by atoms with Crippen molar-refractivity contribution < 1.29 is 9.72 Å². The normalized spacial score (nSPS) is 11.9. The molecule has 1 aromatic rings. The third kappa shape index (κ3) is 3.01. The van der Waals surface area contributed by atoms with Gasteiger partial charge in [-0.25, -0.2) is 0 Å². The predicted octanol–water partition coefficient (Wildman–Crippen LogP) is 1.64. The van der Waals surface area contributed by atoms with Crippen LogP contribution in [0.25, 0.3) is 0 Å². The first-order valence-corrected chi connectivity index (χ1v) is 5.21. The highest BCUT2D eigenvalue weighted by Gasteiger charge is 2.17. The van der Waals surface area contributed by atoms with Crippen molar-refractivity contribution in [3.05, 3.63) is 32.8 Å². The summed E-state index contributed by atoms with van der Waals surface area (Å²) >= 11 is 3.12. The van der Waals surface area contributed by atoms with Gasteiger partial charge in [-0.3, -0.25) is 14.9 Å². The molecule has 0 spiro atoms. The maximum Gasteiger partial charge on any atom is 0.293 e. The number of hydrogen-bond acceptors (Lipinski definition) is 4. The molecule has 1 rings (SSSR count). The highest BCUT2D eigenvalue weighted by Crippen LogP contribution is 2.27. The van der Waals surface area contributed by atoms with Crippen LogP contribution in [0.2, 0.25) is 0 Å². The van der Waals surface area contributed by atoms with Gasteiger partial charge in [0.1, 0.15) is 5.69 Å². The fourth-order valence-electron chi connectivity index (χ4n) is 1.01. The lowest BCUT2D eigenvalue weighted by atomic mass is 10.2. The number of nitro benzene ring substituents is 1. The minimum Gasteiger partial charge on any atom is -0.320 e. The van der Waals surface area contributed by atoms with Crippen LogP contribution in [-0.4, -0.2) is 16.9 Å². The molecular formula is C9H10BrN3O3. The van der Waals surface area contributed by atoms with Crippen molar-refractivity contribution in [2.45, 2.75) is 13.0 Å². The molecule has 0 heterocycles. The van der Waals surface area contributed by atoms with Gasteiger partial charge in [-0.2, -0.15) is 0 Å². The summed E-state index contributed by atoms with van der Waals surface area (Å²) in [5.41, 5.74) is 5.31. The number of carbonyl (C=O) groups excluding carboxylic acids is 1. The SMILES string of the molecule is C[C@H](N)C(=O)Nc1ccc(Br)cc1[N+](=O)[O-]. The maximum atomic E-state index is 11.3. The predicted molar refractivity (Wildman–Crippen MR) is 63.1 cm³/mol. The molecule has 7 heteroatoms. The van der Waals surface area contributed by atoms with Crippen LogP contribution in [0.15, 0.2) is 22.7 Å². The van der Waals surface area contributed by atoms with Crippen LogP contribution in [0.1, 0.15) is 6.92 Å². The molecule has 0 unspecified atom stereocenters. The minimum atomic E-state index is -0.719. The summed E-state index contributed by atoms with van der Waals surface area (Å²) < 4.78 is 0.568. The van der Waals surface area contributed by atoms with Crippen LogP contribution in [0.3, 0.4) is 0 Å². The number of nitrogens with two attached hydrogens (primary N) is 1. The van der Waals surface area contributed by atoms with Gasteiger partial charge in [-0.1, -0.05) is 15.9 Å². The van der Waals surface area contributed by atoms with E-state index in [2.05, 4.69) is 21.2 Å². The molecule has 0 aliphatic carbocycles. The van der Waals surface area contributed by atoms with Crippen molar-refractivity contribution in [1.82, 2.24) is 0 Å². The molecule has 0 radical (unpaired) electrons. The lowest BCUT2D eigenvalue weighted by Gasteiger charge is -2.08. The van der Waals surface area contributed by atoms with Crippen molar-refractivity contribution in [3.63, 3.8) is 0 Å². The van der Waals surface area contributed by atoms with E-state index in [0.717, 1.165) is 0 Å². The average Bonchev–Trinajstić information content (AvgIpc) is 2.20. The van der Waals surface area contributed by atoms with Crippen LogP contribution in [0, 0.1) is 10.1 Å². The first kappa shape index (κ1) is 12.6. The molecule has 0 aromatic heterocycles. The van der Waals surface area contributed by atoms with Gasteiger partial charge in [0, 0.05) is 10.5 Å². The van der Waals surface area contributed by atoms with E-state index in [-0.39, 0.29) is 11.4 Å². The zero-order chi connectivity index (χ0) is 12.3. The number of anilines is 1. The van der Waals surface area contributed by atoms with Gasteiger partial charge < -0.3 is 11.1 Å². The van der Waals surface area contributed by atoms with Gasteiger partial charge in [-0.05, 0) is 19.1 Å². The first-order valence-electron chi connectivity index (χ1n) is 4.42. The lowest BCUT2D eigenvalue weighted by molar-refractivity contribution is -0.384. The average molecular weight is 288 g/mol. The van der Waals surface area contributed by atoms with Gasteiger partial charge >= 0.3 is 0 Å². The monoisotopic (exact) mass is 287 g/mol. The van der Waals surface area contributed by atoms with Crippen LogP contribution < -0.4 is 11.1 Å². The number of hydrogen-bond donors (Lipinski definition) is 2. The third-order valence-corrected chi connectivity index (χ3v) is 2.32. The van der Waals surface area contributed by atoms with Crippen LogP contribution in [0.5, 0.6) is 0 Å². The Morgan fingerprint density at radius 2 is 2.25 bits per heavy atom. The van der Waals surface area contributed by atoms with Gasteiger partial charge in [0.2, 0.25) is 5.91 Å².